The Bertz CT molecular complexity index is 249. The first-order valence-corrected chi connectivity index (χ1v) is 4.73. The van der Waals surface area contributed by atoms with Crippen LogP contribution in [-0.4, -0.2) is 75.3 Å². The number of carboxylic acids is 1. The summed E-state index contributed by atoms with van der Waals surface area (Å²) in [6, 6.07) is -1.12. The van der Waals surface area contributed by atoms with Gasteiger partial charge in [0.2, 0.25) is 0 Å². The first-order valence-electron chi connectivity index (χ1n) is 4.73. The van der Waals surface area contributed by atoms with Gasteiger partial charge in [-0.15, -0.1) is 0 Å². The molecule has 1 aliphatic rings. The summed E-state index contributed by atoms with van der Waals surface area (Å²) in [6.07, 6.45) is -5.39. The number of carbonyl (C=O) groups is 1. The Hall–Kier alpha value is -0.770. The predicted molar refractivity (Wildman–Crippen MR) is 49.4 cm³/mol. The second kappa shape index (κ2) is 5.53. The van der Waals surface area contributed by atoms with Gasteiger partial charge in [-0.3, -0.25) is 10.1 Å². The lowest BCUT2D eigenvalue weighted by molar-refractivity contribution is -0.254. The van der Waals surface area contributed by atoms with Crippen LogP contribution in [0.1, 0.15) is 0 Å². The molecule has 1 fully saturated rings. The minimum Gasteiger partial charge on any atom is -0.480 e. The summed E-state index contributed by atoms with van der Waals surface area (Å²) in [4.78, 5) is 10.3. The van der Waals surface area contributed by atoms with Gasteiger partial charge in [0.25, 0.3) is 0 Å². The van der Waals surface area contributed by atoms with Crippen LogP contribution in [0.4, 0.5) is 0 Å². The molecule has 16 heavy (non-hydrogen) atoms. The molecule has 0 aromatic rings. The van der Waals surface area contributed by atoms with Crippen LogP contribution in [0.15, 0.2) is 0 Å². The van der Waals surface area contributed by atoms with E-state index < -0.39 is 49.8 Å². The third-order valence-electron chi connectivity index (χ3n) is 2.39. The average Bonchev–Trinajstić information content (AvgIpc) is 2.22. The average molecular weight is 237 g/mol. The lowest BCUT2D eigenvalue weighted by Crippen LogP contribution is -2.63. The Morgan fingerprint density at radius 1 is 1.25 bits per heavy atom. The Morgan fingerprint density at radius 2 is 1.88 bits per heavy atom. The third kappa shape index (κ3) is 2.88. The van der Waals surface area contributed by atoms with Gasteiger partial charge in [0, 0.05) is 0 Å². The topological polar surface area (TPSA) is 139 Å². The van der Waals surface area contributed by atoms with Crippen LogP contribution in [0, 0.1) is 0 Å². The molecule has 1 aliphatic heterocycles. The predicted octanol–water partition coefficient (Wildman–Crippen LogP) is -3.54. The van der Waals surface area contributed by atoms with Crippen molar-refractivity contribution in [3.8, 4) is 0 Å². The van der Waals surface area contributed by atoms with Crippen molar-refractivity contribution in [1.82, 2.24) is 5.32 Å². The minimum atomic E-state index is -1.49. The van der Waals surface area contributed by atoms with Crippen molar-refractivity contribution in [2.24, 2.45) is 0 Å². The van der Waals surface area contributed by atoms with E-state index in [1.54, 1.807) is 0 Å². The smallest absolute Gasteiger partial charge is 0.317 e. The van der Waals surface area contributed by atoms with Gasteiger partial charge in [0.05, 0.1) is 19.2 Å². The molecule has 5 atom stereocenters. The molecular formula is C8H15NO7. The van der Waals surface area contributed by atoms with Gasteiger partial charge in [0.15, 0.2) is 6.29 Å². The van der Waals surface area contributed by atoms with Crippen molar-refractivity contribution in [3.05, 3.63) is 0 Å². The molecule has 6 N–H and O–H groups in total. The van der Waals surface area contributed by atoms with Gasteiger partial charge in [-0.25, -0.2) is 0 Å². The molecule has 1 rings (SSSR count). The number of ether oxygens (including phenoxy) is 1. The van der Waals surface area contributed by atoms with Crippen LogP contribution in [-0.2, 0) is 9.53 Å². The highest BCUT2D eigenvalue weighted by molar-refractivity contribution is 5.69. The van der Waals surface area contributed by atoms with Crippen molar-refractivity contribution in [2.45, 2.75) is 30.6 Å². The van der Waals surface area contributed by atoms with Crippen LogP contribution in [0.25, 0.3) is 0 Å². The van der Waals surface area contributed by atoms with Crippen molar-refractivity contribution >= 4 is 5.97 Å². The van der Waals surface area contributed by atoms with Crippen LogP contribution in [0.2, 0.25) is 0 Å². The normalized spacial score (nSPS) is 39.6. The molecule has 0 aromatic heterocycles. The Morgan fingerprint density at radius 3 is 2.38 bits per heavy atom. The first-order chi connectivity index (χ1) is 7.47. The van der Waals surface area contributed by atoms with E-state index in [-0.39, 0.29) is 0 Å². The lowest BCUT2D eigenvalue weighted by atomic mass is 9.97. The largest absolute Gasteiger partial charge is 0.480 e. The van der Waals surface area contributed by atoms with Crippen molar-refractivity contribution in [1.29, 1.82) is 0 Å². The lowest BCUT2D eigenvalue weighted by Gasteiger charge is -2.40. The van der Waals surface area contributed by atoms with E-state index in [0.717, 1.165) is 0 Å². The second-order valence-corrected chi connectivity index (χ2v) is 3.53. The maximum absolute atomic E-state index is 10.3. The van der Waals surface area contributed by atoms with Crippen molar-refractivity contribution in [2.75, 3.05) is 13.2 Å². The van der Waals surface area contributed by atoms with Gasteiger partial charge >= 0.3 is 5.97 Å². The molecule has 0 spiro atoms. The second-order valence-electron chi connectivity index (χ2n) is 3.53. The minimum absolute atomic E-state index is 0.487. The van der Waals surface area contributed by atoms with Crippen LogP contribution >= 0.6 is 0 Å². The zero-order chi connectivity index (χ0) is 12.3. The van der Waals surface area contributed by atoms with E-state index in [9.17, 15) is 20.1 Å². The highest BCUT2D eigenvalue weighted by Crippen LogP contribution is 2.19. The van der Waals surface area contributed by atoms with E-state index in [2.05, 4.69) is 5.32 Å². The zero-order valence-corrected chi connectivity index (χ0v) is 8.35. The van der Waals surface area contributed by atoms with Crippen molar-refractivity contribution < 1.29 is 35.1 Å². The fraction of sp³-hybridized carbons (Fsp3) is 0.875. The van der Waals surface area contributed by atoms with Gasteiger partial charge < -0.3 is 30.3 Å². The highest BCUT2D eigenvalue weighted by Gasteiger charge is 2.43. The van der Waals surface area contributed by atoms with Gasteiger partial charge in [-0.2, -0.15) is 0 Å². The molecular weight excluding hydrogens is 222 g/mol. The number of aliphatic hydroxyl groups is 4. The fourth-order valence-corrected chi connectivity index (χ4v) is 1.52. The molecule has 0 amide bonds. The molecule has 0 aliphatic carbocycles. The Balaban J connectivity index is 2.60. The van der Waals surface area contributed by atoms with Crippen molar-refractivity contribution in [3.63, 3.8) is 0 Å². The number of hydrogen-bond donors (Lipinski definition) is 6. The molecule has 0 radical (unpaired) electrons. The van der Waals surface area contributed by atoms with E-state index >= 15 is 0 Å². The Kier molecular flexibility index (Phi) is 4.59. The van der Waals surface area contributed by atoms with E-state index in [0.29, 0.717) is 0 Å². The molecule has 94 valence electrons. The number of aliphatic hydroxyl groups excluding tert-OH is 4. The fourth-order valence-electron chi connectivity index (χ4n) is 1.52. The quantitative estimate of drug-likeness (QED) is 0.295. The summed E-state index contributed by atoms with van der Waals surface area (Å²) in [5.74, 6) is -1.17. The number of rotatable bonds is 4. The number of aliphatic carboxylic acids is 1. The number of nitrogens with one attached hydrogen (secondary N) is 1. The van der Waals surface area contributed by atoms with E-state index in [1.165, 1.54) is 0 Å². The molecule has 1 saturated heterocycles. The van der Waals surface area contributed by atoms with Gasteiger partial charge in [0.1, 0.15) is 18.3 Å². The maximum Gasteiger partial charge on any atom is 0.317 e. The molecule has 0 saturated carbocycles. The summed E-state index contributed by atoms with van der Waals surface area (Å²) in [6.45, 7) is -1.04. The number of carboxylic acid groups (broad SMARTS) is 1. The summed E-state index contributed by atoms with van der Waals surface area (Å²) in [5, 5.41) is 48.0. The summed E-state index contributed by atoms with van der Waals surface area (Å²) in [5.41, 5.74) is 0. The summed E-state index contributed by atoms with van der Waals surface area (Å²) >= 11 is 0. The summed E-state index contributed by atoms with van der Waals surface area (Å²) in [7, 11) is 0. The zero-order valence-electron chi connectivity index (χ0n) is 8.35. The standard InChI is InChI=1S/C8H15NO7/c10-2-3-6(13)7(14)5(8(15)16-3)9-1-4(11)12/h3,5-10,13-15H,1-2H2,(H,11,12)/t3-,5-,6+,7-,8?/m1/s1. The van der Waals surface area contributed by atoms with Gasteiger partial charge in [-0.1, -0.05) is 0 Å². The maximum atomic E-state index is 10.3. The number of hydrogen-bond acceptors (Lipinski definition) is 7. The van der Waals surface area contributed by atoms with Crippen LogP contribution in [0.3, 0.4) is 0 Å². The first kappa shape index (κ1) is 13.3. The molecule has 0 bridgehead atoms. The molecule has 1 unspecified atom stereocenters. The summed E-state index contributed by atoms with van der Waals surface area (Å²) < 4.78 is 4.80. The van der Waals surface area contributed by atoms with Crippen LogP contribution in [0.5, 0.6) is 0 Å². The highest BCUT2D eigenvalue weighted by atomic mass is 16.6. The third-order valence-corrected chi connectivity index (χ3v) is 2.39. The molecule has 8 nitrogen and oxygen atoms in total. The van der Waals surface area contributed by atoms with Gasteiger partial charge in [-0.05, 0) is 0 Å². The van der Waals surface area contributed by atoms with Crippen LogP contribution < -0.4 is 5.32 Å². The molecule has 8 heteroatoms. The molecule has 0 aromatic carbocycles. The molecule has 1 heterocycles. The SMILES string of the molecule is O=C(O)CN[C@H]1C(O)O[C@H](CO)[C@H](O)[C@@H]1O. The Labute approximate surface area is 91.1 Å². The van der Waals surface area contributed by atoms with E-state index in [1.807, 2.05) is 0 Å². The van der Waals surface area contributed by atoms with E-state index in [4.69, 9.17) is 14.9 Å². The monoisotopic (exact) mass is 237 g/mol.